The van der Waals surface area contributed by atoms with Crippen LogP contribution >= 0.6 is 11.3 Å². The molecule has 98 valence electrons. The molecule has 0 unspecified atom stereocenters. The SMILES string of the molecule is CC(=O)c1ccc(-c2ccc(-c3ccccc3)cc2)s1. The summed E-state index contributed by atoms with van der Waals surface area (Å²) in [6, 6.07) is 22.7. The monoisotopic (exact) mass is 278 g/mol. The van der Waals surface area contributed by atoms with Crippen LogP contribution in [-0.2, 0) is 0 Å². The first-order valence-corrected chi connectivity index (χ1v) is 7.32. The highest BCUT2D eigenvalue weighted by atomic mass is 32.1. The van der Waals surface area contributed by atoms with Crippen molar-refractivity contribution >= 4 is 17.1 Å². The summed E-state index contributed by atoms with van der Waals surface area (Å²) in [5, 5.41) is 0. The summed E-state index contributed by atoms with van der Waals surface area (Å²) in [5.41, 5.74) is 3.58. The lowest BCUT2D eigenvalue weighted by molar-refractivity contribution is 0.102. The first-order valence-electron chi connectivity index (χ1n) is 6.51. The average Bonchev–Trinajstić information content (AvgIpc) is 2.98. The van der Waals surface area contributed by atoms with E-state index in [4.69, 9.17) is 0 Å². The maximum absolute atomic E-state index is 11.3. The highest BCUT2D eigenvalue weighted by Gasteiger charge is 2.06. The number of carbonyl (C=O) groups is 1. The van der Waals surface area contributed by atoms with Gasteiger partial charge in [0.05, 0.1) is 4.88 Å². The van der Waals surface area contributed by atoms with Crippen molar-refractivity contribution in [3.05, 3.63) is 71.6 Å². The molecule has 2 aromatic carbocycles. The molecule has 3 rings (SSSR count). The Morgan fingerprint density at radius 1 is 0.750 bits per heavy atom. The maximum Gasteiger partial charge on any atom is 0.169 e. The number of Topliss-reactive ketones (excluding diaryl/α,β-unsaturated/α-hetero) is 1. The van der Waals surface area contributed by atoms with Crippen molar-refractivity contribution in [3.63, 3.8) is 0 Å². The quantitative estimate of drug-likeness (QED) is 0.595. The molecule has 1 heterocycles. The Kier molecular flexibility index (Phi) is 3.48. The van der Waals surface area contributed by atoms with Crippen LogP contribution in [0.15, 0.2) is 66.7 Å². The summed E-state index contributed by atoms with van der Waals surface area (Å²) < 4.78 is 0. The van der Waals surface area contributed by atoms with Gasteiger partial charge in [0.1, 0.15) is 0 Å². The first-order chi connectivity index (χ1) is 9.74. The van der Waals surface area contributed by atoms with Crippen LogP contribution in [0.2, 0.25) is 0 Å². The fourth-order valence-electron chi connectivity index (χ4n) is 2.14. The lowest BCUT2D eigenvalue weighted by Crippen LogP contribution is -1.83. The van der Waals surface area contributed by atoms with Gasteiger partial charge in [0.2, 0.25) is 0 Å². The molecule has 0 N–H and O–H groups in total. The van der Waals surface area contributed by atoms with Gasteiger partial charge < -0.3 is 0 Å². The Morgan fingerprint density at radius 2 is 1.35 bits per heavy atom. The van der Waals surface area contributed by atoms with Gasteiger partial charge >= 0.3 is 0 Å². The highest BCUT2D eigenvalue weighted by molar-refractivity contribution is 7.17. The first kappa shape index (κ1) is 12.8. The van der Waals surface area contributed by atoms with Crippen LogP contribution in [0.5, 0.6) is 0 Å². The summed E-state index contributed by atoms with van der Waals surface area (Å²) in [5.74, 6) is 0.127. The second-order valence-corrected chi connectivity index (χ2v) is 5.75. The number of thiophene rings is 1. The Hall–Kier alpha value is -2.19. The summed E-state index contributed by atoms with van der Waals surface area (Å²) in [6.45, 7) is 1.61. The topological polar surface area (TPSA) is 17.1 Å². The minimum atomic E-state index is 0.127. The largest absolute Gasteiger partial charge is 0.294 e. The third kappa shape index (κ3) is 2.56. The number of rotatable bonds is 3. The van der Waals surface area contributed by atoms with E-state index in [9.17, 15) is 4.79 Å². The van der Waals surface area contributed by atoms with Crippen LogP contribution in [0, 0.1) is 0 Å². The third-order valence-electron chi connectivity index (χ3n) is 3.23. The normalized spacial score (nSPS) is 10.4. The molecule has 1 aromatic heterocycles. The molecule has 0 aliphatic carbocycles. The van der Waals surface area contributed by atoms with Crippen LogP contribution in [-0.4, -0.2) is 5.78 Å². The molecule has 0 bridgehead atoms. The zero-order chi connectivity index (χ0) is 13.9. The predicted octanol–water partition coefficient (Wildman–Crippen LogP) is 5.28. The van der Waals surface area contributed by atoms with Crippen molar-refractivity contribution in [2.75, 3.05) is 0 Å². The van der Waals surface area contributed by atoms with E-state index in [-0.39, 0.29) is 5.78 Å². The van der Waals surface area contributed by atoms with E-state index in [0.29, 0.717) is 0 Å². The zero-order valence-corrected chi connectivity index (χ0v) is 12.0. The second kappa shape index (κ2) is 5.43. The fourth-order valence-corrected chi connectivity index (χ4v) is 3.05. The molecule has 0 aliphatic rings. The van der Waals surface area contributed by atoms with Crippen molar-refractivity contribution < 1.29 is 4.79 Å². The van der Waals surface area contributed by atoms with Gasteiger partial charge in [-0.1, -0.05) is 54.6 Å². The minimum absolute atomic E-state index is 0.127. The maximum atomic E-state index is 11.3. The molecule has 1 nitrogen and oxygen atoms in total. The summed E-state index contributed by atoms with van der Waals surface area (Å²) in [4.78, 5) is 13.3. The number of carbonyl (C=O) groups excluding carboxylic acids is 1. The molecular weight excluding hydrogens is 264 g/mol. The van der Waals surface area contributed by atoms with Crippen LogP contribution in [0.1, 0.15) is 16.6 Å². The van der Waals surface area contributed by atoms with Crippen molar-refractivity contribution in [3.8, 4) is 21.6 Å². The molecule has 0 saturated carbocycles. The van der Waals surface area contributed by atoms with Crippen molar-refractivity contribution in [2.45, 2.75) is 6.92 Å². The molecule has 0 aliphatic heterocycles. The second-order valence-electron chi connectivity index (χ2n) is 4.66. The number of hydrogen-bond acceptors (Lipinski definition) is 2. The van der Waals surface area contributed by atoms with E-state index >= 15 is 0 Å². The van der Waals surface area contributed by atoms with Crippen LogP contribution in [0.4, 0.5) is 0 Å². The van der Waals surface area contributed by atoms with Gasteiger partial charge in [-0.3, -0.25) is 4.79 Å². The van der Waals surface area contributed by atoms with Gasteiger partial charge in [-0.05, 0) is 35.7 Å². The van der Waals surface area contributed by atoms with E-state index in [0.717, 1.165) is 15.3 Å². The lowest BCUT2D eigenvalue weighted by atomic mass is 10.0. The third-order valence-corrected chi connectivity index (χ3v) is 4.46. The number of benzene rings is 2. The Balaban J connectivity index is 1.91. The van der Waals surface area contributed by atoms with Gasteiger partial charge in [-0.2, -0.15) is 0 Å². The zero-order valence-electron chi connectivity index (χ0n) is 11.2. The molecule has 0 spiro atoms. The van der Waals surface area contributed by atoms with Gasteiger partial charge in [0, 0.05) is 4.88 Å². The van der Waals surface area contributed by atoms with Crippen molar-refractivity contribution in [1.82, 2.24) is 0 Å². The van der Waals surface area contributed by atoms with Gasteiger partial charge in [-0.15, -0.1) is 11.3 Å². The Morgan fingerprint density at radius 3 is 1.95 bits per heavy atom. The van der Waals surface area contributed by atoms with Crippen LogP contribution in [0.25, 0.3) is 21.6 Å². The Bertz CT molecular complexity index is 724. The van der Waals surface area contributed by atoms with E-state index in [1.807, 2.05) is 30.3 Å². The highest BCUT2D eigenvalue weighted by Crippen LogP contribution is 2.30. The smallest absolute Gasteiger partial charge is 0.169 e. The number of hydrogen-bond donors (Lipinski definition) is 0. The molecule has 0 saturated heterocycles. The lowest BCUT2D eigenvalue weighted by Gasteiger charge is -2.03. The van der Waals surface area contributed by atoms with Crippen LogP contribution in [0.3, 0.4) is 0 Å². The van der Waals surface area contributed by atoms with E-state index in [2.05, 4.69) is 36.4 Å². The van der Waals surface area contributed by atoms with Crippen molar-refractivity contribution in [1.29, 1.82) is 0 Å². The molecular formula is C18H14OS. The summed E-state index contributed by atoms with van der Waals surface area (Å²) in [7, 11) is 0. The molecule has 3 aromatic rings. The van der Waals surface area contributed by atoms with E-state index < -0.39 is 0 Å². The molecule has 2 heteroatoms. The Labute approximate surface area is 122 Å². The van der Waals surface area contributed by atoms with Gasteiger partial charge in [0.25, 0.3) is 0 Å². The fraction of sp³-hybridized carbons (Fsp3) is 0.0556. The van der Waals surface area contributed by atoms with Crippen molar-refractivity contribution in [2.24, 2.45) is 0 Å². The predicted molar refractivity (Wildman–Crippen MR) is 85.2 cm³/mol. The molecule has 0 amide bonds. The molecule has 0 fully saturated rings. The van der Waals surface area contributed by atoms with Gasteiger partial charge in [-0.25, -0.2) is 0 Å². The summed E-state index contributed by atoms with van der Waals surface area (Å²) in [6.07, 6.45) is 0. The molecule has 20 heavy (non-hydrogen) atoms. The number of ketones is 1. The van der Waals surface area contributed by atoms with E-state index in [1.165, 1.54) is 11.1 Å². The molecule has 0 radical (unpaired) electrons. The van der Waals surface area contributed by atoms with Gasteiger partial charge in [0.15, 0.2) is 5.78 Å². The van der Waals surface area contributed by atoms with Crippen LogP contribution < -0.4 is 0 Å². The summed E-state index contributed by atoms with van der Waals surface area (Å²) >= 11 is 1.55. The molecule has 0 atom stereocenters. The standard InChI is InChI=1S/C18H14OS/c1-13(19)17-11-12-18(20-17)16-9-7-15(8-10-16)14-5-3-2-4-6-14/h2-12H,1H3. The minimum Gasteiger partial charge on any atom is -0.294 e. The van der Waals surface area contributed by atoms with E-state index in [1.54, 1.807) is 18.3 Å². The average molecular weight is 278 g/mol.